The van der Waals surface area contributed by atoms with E-state index in [9.17, 15) is 9.59 Å². The van der Waals surface area contributed by atoms with Crippen molar-refractivity contribution in [2.45, 2.75) is 44.6 Å². The van der Waals surface area contributed by atoms with Crippen LogP contribution in [0.1, 0.15) is 34.1 Å². The summed E-state index contributed by atoms with van der Waals surface area (Å²) in [5.74, 6) is -0.862. The van der Waals surface area contributed by atoms with Crippen molar-refractivity contribution in [3.8, 4) is 0 Å². The molecule has 154 valence electrons. The zero-order valence-electron chi connectivity index (χ0n) is 16.2. The molecule has 0 spiro atoms. The highest BCUT2D eigenvalue weighted by Gasteiger charge is 2.28. The summed E-state index contributed by atoms with van der Waals surface area (Å²) >= 11 is 8.12. The molecule has 9 heteroatoms. The number of carbonyl (C=O) groups is 2. The Bertz CT molecular complexity index is 451. The second-order valence-corrected chi connectivity index (χ2v) is 8.79. The number of hydrogen-bond donors (Lipinski definition) is 4. The van der Waals surface area contributed by atoms with Gasteiger partial charge in [0, 0.05) is 23.9 Å². The van der Waals surface area contributed by atoms with Gasteiger partial charge in [-0.2, -0.15) is 25.3 Å². The van der Waals surface area contributed by atoms with Gasteiger partial charge in [-0.05, 0) is 6.42 Å². The van der Waals surface area contributed by atoms with Gasteiger partial charge in [-0.15, -0.1) is 0 Å². The van der Waals surface area contributed by atoms with E-state index in [-0.39, 0.29) is 37.1 Å². The molecule has 4 N–H and O–H groups in total. The molecule has 0 heterocycles. The molecule has 0 rings (SSSR count). The lowest BCUT2D eigenvalue weighted by Crippen LogP contribution is -2.36. The number of thiol groups is 2. The molecular formula is C17H34N2O5S2. The Morgan fingerprint density at radius 3 is 1.77 bits per heavy atom. The fraction of sp³-hybridized carbons (Fsp3) is 0.882. The van der Waals surface area contributed by atoms with E-state index in [2.05, 4.69) is 25.3 Å². The summed E-state index contributed by atoms with van der Waals surface area (Å²) in [6.45, 7) is 9.35. The van der Waals surface area contributed by atoms with Crippen LogP contribution in [0.25, 0.3) is 0 Å². The Morgan fingerprint density at radius 2 is 1.35 bits per heavy atom. The normalized spacial score (nSPS) is 16.5. The van der Waals surface area contributed by atoms with Gasteiger partial charge in [0.25, 0.3) is 0 Å². The lowest BCUT2D eigenvalue weighted by molar-refractivity contribution is -0.149. The number of rotatable bonds is 13. The second kappa shape index (κ2) is 12.1. The van der Waals surface area contributed by atoms with Crippen LogP contribution in [0, 0.1) is 10.8 Å². The van der Waals surface area contributed by atoms with Crippen molar-refractivity contribution in [1.29, 1.82) is 0 Å². The quantitative estimate of drug-likeness (QED) is 0.265. The molecule has 0 bridgehead atoms. The lowest BCUT2D eigenvalue weighted by atomic mass is 9.89. The zero-order valence-corrected chi connectivity index (χ0v) is 18.0. The third-order valence-corrected chi connectivity index (χ3v) is 4.80. The number of esters is 2. The first-order valence-corrected chi connectivity index (χ1v) is 9.71. The molecule has 3 unspecified atom stereocenters. The van der Waals surface area contributed by atoms with E-state index in [4.69, 9.17) is 25.7 Å². The van der Waals surface area contributed by atoms with Gasteiger partial charge in [-0.25, -0.2) is 0 Å². The Kier molecular flexibility index (Phi) is 11.8. The molecule has 0 aromatic carbocycles. The van der Waals surface area contributed by atoms with Crippen molar-refractivity contribution in [2.24, 2.45) is 22.3 Å². The summed E-state index contributed by atoms with van der Waals surface area (Å²) in [6.07, 6.45) is 0.771. The first-order valence-electron chi connectivity index (χ1n) is 8.67. The Hall–Kier alpha value is -0.480. The Balaban J connectivity index is 4.37. The van der Waals surface area contributed by atoms with Crippen LogP contribution in [0.3, 0.4) is 0 Å². The molecule has 0 aromatic heterocycles. The summed E-state index contributed by atoms with van der Waals surface area (Å²) in [5.41, 5.74) is 10.1. The van der Waals surface area contributed by atoms with Crippen molar-refractivity contribution < 1.29 is 23.8 Å². The van der Waals surface area contributed by atoms with Crippen molar-refractivity contribution in [1.82, 2.24) is 0 Å². The average molecular weight is 411 g/mol. The van der Waals surface area contributed by atoms with Crippen molar-refractivity contribution in [3.63, 3.8) is 0 Å². The van der Waals surface area contributed by atoms with Gasteiger partial charge in [-0.1, -0.05) is 27.7 Å². The van der Waals surface area contributed by atoms with Crippen LogP contribution in [0.5, 0.6) is 0 Å². The van der Waals surface area contributed by atoms with Gasteiger partial charge >= 0.3 is 11.9 Å². The number of carbonyl (C=O) groups excluding carboxylic acids is 2. The summed E-state index contributed by atoms with van der Waals surface area (Å²) in [5, 5.41) is -1.23. The van der Waals surface area contributed by atoms with Crippen LogP contribution in [0.4, 0.5) is 0 Å². The van der Waals surface area contributed by atoms with E-state index in [1.54, 1.807) is 0 Å². The topological polar surface area (TPSA) is 114 Å². The minimum Gasteiger partial charge on any atom is -0.464 e. The monoisotopic (exact) mass is 410 g/mol. The lowest BCUT2D eigenvalue weighted by Gasteiger charge is -2.30. The molecule has 3 atom stereocenters. The molecule has 0 aliphatic rings. The smallest absolute Gasteiger partial charge is 0.320 e. The van der Waals surface area contributed by atoms with Crippen LogP contribution in [0.15, 0.2) is 0 Å². The highest BCUT2D eigenvalue weighted by atomic mass is 32.1. The van der Waals surface area contributed by atoms with Gasteiger partial charge in [0.15, 0.2) is 0 Å². The maximum absolute atomic E-state index is 11.7. The van der Waals surface area contributed by atoms with Gasteiger partial charge in [0.1, 0.15) is 10.5 Å². The van der Waals surface area contributed by atoms with Gasteiger partial charge < -0.3 is 25.7 Å². The number of nitrogens with two attached hydrogens (primary N) is 2. The Labute approximate surface area is 167 Å². The van der Waals surface area contributed by atoms with E-state index >= 15 is 0 Å². The highest BCUT2D eigenvalue weighted by Crippen LogP contribution is 2.24. The molecule has 0 radical (unpaired) electrons. The largest absolute Gasteiger partial charge is 0.464 e. The van der Waals surface area contributed by atoms with E-state index < -0.39 is 22.4 Å². The molecule has 0 saturated heterocycles. The molecule has 0 aliphatic heterocycles. The maximum Gasteiger partial charge on any atom is 0.320 e. The van der Waals surface area contributed by atoms with E-state index in [1.165, 1.54) is 0 Å². The molecular weight excluding hydrogens is 376 g/mol. The third-order valence-electron chi connectivity index (χ3n) is 3.96. The van der Waals surface area contributed by atoms with Crippen LogP contribution >= 0.6 is 25.3 Å². The molecule has 0 fully saturated rings. The van der Waals surface area contributed by atoms with Crippen LogP contribution in [-0.4, -0.2) is 62.0 Å². The van der Waals surface area contributed by atoms with Gasteiger partial charge in [0.2, 0.25) is 0 Å². The predicted molar refractivity (Wildman–Crippen MR) is 109 cm³/mol. The molecule has 0 saturated carbocycles. The molecule has 0 amide bonds. The fourth-order valence-electron chi connectivity index (χ4n) is 1.76. The highest BCUT2D eigenvalue weighted by molar-refractivity contribution is 7.82. The van der Waals surface area contributed by atoms with E-state index in [0.29, 0.717) is 13.2 Å². The Morgan fingerprint density at radius 1 is 0.885 bits per heavy atom. The number of hydrogen-bond acceptors (Lipinski definition) is 9. The fourth-order valence-corrected chi connectivity index (χ4v) is 1.91. The van der Waals surface area contributed by atoms with Crippen molar-refractivity contribution in [3.05, 3.63) is 0 Å². The molecule has 7 nitrogen and oxygen atoms in total. The van der Waals surface area contributed by atoms with Gasteiger partial charge in [-0.3, -0.25) is 9.59 Å². The van der Waals surface area contributed by atoms with Crippen LogP contribution in [0.2, 0.25) is 0 Å². The predicted octanol–water partition coefficient (Wildman–Crippen LogP) is 1.05. The van der Waals surface area contributed by atoms with E-state index in [0.717, 1.165) is 6.42 Å². The summed E-state index contributed by atoms with van der Waals surface area (Å²) in [4.78, 5) is 23.4. The molecule has 0 aliphatic carbocycles. The van der Waals surface area contributed by atoms with Crippen molar-refractivity contribution >= 4 is 37.2 Å². The van der Waals surface area contributed by atoms with Crippen LogP contribution < -0.4 is 11.5 Å². The first kappa shape index (κ1) is 25.5. The minimum absolute atomic E-state index is 0.129. The van der Waals surface area contributed by atoms with Crippen LogP contribution in [-0.2, 0) is 23.8 Å². The second-order valence-electron chi connectivity index (χ2n) is 7.54. The molecule has 26 heavy (non-hydrogen) atoms. The van der Waals surface area contributed by atoms with Gasteiger partial charge in [0.05, 0.1) is 26.4 Å². The zero-order chi connectivity index (χ0) is 20.4. The summed E-state index contributed by atoms with van der Waals surface area (Å²) in [7, 11) is 0. The van der Waals surface area contributed by atoms with Crippen molar-refractivity contribution in [2.75, 3.05) is 39.5 Å². The first-order chi connectivity index (χ1) is 12.0. The summed E-state index contributed by atoms with van der Waals surface area (Å²) in [6, 6.07) is 0. The van der Waals surface area contributed by atoms with E-state index in [1.807, 2.05) is 27.7 Å². The number of ether oxygens (including phenoxy) is 3. The maximum atomic E-state index is 11.7. The SMILES string of the molecule is CCC(C)(COCC(C)(C)COC(=O)C(S)CN)COC(=O)C(S)CN. The third kappa shape index (κ3) is 10.0. The minimum atomic E-state index is -0.617. The summed E-state index contributed by atoms with van der Waals surface area (Å²) < 4.78 is 16.3. The molecule has 0 aromatic rings. The average Bonchev–Trinajstić information content (AvgIpc) is 2.62. The standard InChI is InChI=1S/C17H34N2O5S2/c1-5-17(4,11-24-15(21)13(26)7-19)10-22-8-16(2,3)9-23-14(20)12(25)6-18/h12-13,25-26H,5-11,18-19H2,1-4H3.